The van der Waals surface area contributed by atoms with Gasteiger partial charge in [0, 0.05) is 32.4 Å². The minimum atomic E-state index is -0.433. The van der Waals surface area contributed by atoms with E-state index in [1.54, 1.807) is 13.1 Å². The van der Waals surface area contributed by atoms with E-state index in [0.717, 1.165) is 17.9 Å². The van der Waals surface area contributed by atoms with Gasteiger partial charge in [0.05, 0.1) is 6.10 Å². The third-order valence-corrected chi connectivity index (χ3v) is 4.17. The second-order valence-electron chi connectivity index (χ2n) is 5.40. The molecule has 0 aromatic carbocycles. The monoisotopic (exact) mass is 263 g/mol. The van der Waals surface area contributed by atoms with Crippen molar-refractivity contribution in [2.24, 2.45) is 0 Å². The van der Waals surface area contributed by atoms with Crippen LogP contribution in [0.1, 0.15) is 38.4 Å². The normalized spacial score (nSPS) is 19.4. The quantitative estimate of drug-likeness (QED) is 0.902. The summed E-state index contributed by atoms with van der Waals surface area (Å²) in [5.41, 5.74) is 0.933. The molecule has 1 aliphatic heterocycles. The average molecular weight is 263 g/mol. The number of nitrogens with zero attached hydrogens (tertiary/aromatic N) is 3. The summed E-state index contributed by atoms with van der Waals surface area (Å²) in [5.74, 6) is 0.966. The van der Waals surface area contributed by atoms with Crippen molar-refractivity contribution in [1.29, 1.82) is 0 Å². The Morgan fingerprint density at radius 2 is 2.16 bits per heavy atom. The van der Waals surface area contributed by atoms with Gasteiger partial charge in [-0.1, -0.05) is 6.92 Å². The van der Waals surface area contributed by atoms with E-state index in [4.69, 9.17) is 0 Å². The summed E-state index contributed by atoms with van der Waals surface area (Å²) in [6, 6.07) is 4.43. The highest BCUT2D eigenvalue weighted by atomic mass is 16.3. The van der Waals surface area contributed by atoms with E-state index < -0.39 is 6.10 Å². The molecule has 2 rings (SSSR count). The van der Waals surface area contributed by atoms with Crippen LogP contribution in [0.25, 0.3) is 0 Å². The lowest BCUT2D eigenvalue weighted by atomic mass is 10.0. The number of hydrogen-bond donors (Lipinski definition) is 1. The number of hydrogen-bond acceptors (Lipinski definition) is 4. The largest absolute Gasteiger partial charge is 0.389 e. The van der Waals surface area contributed by atoms with Crippen molar-refractivity contribution in [1.82, 2.24) is 9.88 Å². The van der Waals surface area contributed by atoms with Crippen molar-refractivity contribution >= 4 is 5.82 Å². The summed E-state index contributed by atoms with van der Waals surface area (Å²) in [5, 5.41) is 9.65. The van der Waals surface area contributed by atoms with Crippen LogP contribution >= 0.6 is 0 Å². The Labute approximate surface area is 116 Å². The molecule has 0 unspecified atom stereocenters. The van der Waals surface area contributed by atoms with Gasteiger partial charge in [-0.2, -0.15) is 0 Å². The number of aliphatic hydroxyl groups excluding tert-OH is 1. The maximum atomic E-state index is 9.65. The first-order chi connectivity index (χ1) is 9.11. The number of likely N-dealkylation sites (tertiary alicyclic amines) is 1. The van der Waals surface area contributed by atoms with Crippen molar-refractivity contribution in [2.45, 2.75) is 38.8 Å². The maximum absolute atomic E-state index is 9.65. The molecule has 0 spiro atoms. The molecule has 19 heavy (non-hydrogen) atoms. The Morgan fingerprint density at radius 1 is 1.47 bits per heavy atom. The summed E-state index contributed by atoms with van der Waals surface area (Å²) >= 11 is 0. The zero-order chi connectivity index (χ0) is 13.8. The lowest BCUT2D eigenvalue weighted by Gasteiger charge is -2.37. The summed E-state index contributed by atoms with van der Waals surface area (Å²) < 4.78 is 0. The molecular weight excluding hydrogens is 238 g/mol. The van der Waals surface area contributed by atoms with Crippen LogP contribution in [0.15, 0.2) is 18.3 Å². The van der Waals surface area contributed by atoms with Crippen molar-refractivity contribution in [2.75, 3.05) is 31.6 Å². The third kappa shape index (κ3) is 3.45. The van der Waals surface area contributed by atoms with E-state index in [2.05, 4.69) is 28.8 Å². The van der Waals surface area contributed by atoms with E-state index in [9.17, 15) is 5.11 Å². The van der Waals surface area contributed by atoms with Gasteiger partial charge in [-0.25, -0.2) is 4.98 Å². The van der Waals surface area contributed by atoms with E-state index >= 15 is 0 Å². The van der Waals surface area contributed by atoms with Crippen LogP contribution in [0.2, 0.25) is 0 Å². The number of pyridine rings is 1. The van der Waals surface area contributed by atoms with Crippen LogP contribution in [0.3, 0.4) is 0 Å². The van der Waals surface area contributed by atoms with Gasteiger partial charge in [-0.3, -0.25) is 0 Å². The van der Waals surface area contributed by atoms with Gasteiger partial charge in [0.15, 0.2) is 0 Å². The highest BCUT2D eigenvalue weighted by molar-refractivity contribution is 5.41. The Balaban J connectivity index is 2.03. The number of piperidine rings is 1. The fourth-order valence-electron chi connectivity index (χ4n) is 2.70. The van der Waals surface area contributed by atoms with Crippen LogP contribution < -0.4 is 4.90 Å². The molecule has 1 aliphatic rings. The van der Waals surface area contributed by atoms with E-state index in [1.165, 1.54) is 25.9 Å². The minimum Gasteiger partial charge on any atom is -0.389 e. The molecule has 4 nitrogen and oxygen atoms in total. The Morgan fingerprint density at radius 3 is 2.74 bits per heavy atom. The van der Waals surface area contributed by atoms with Crippen molar-refractivity contribution in [3.05, 3.63) is 23.9 Å². The van der Waals surface area contributed by atoms with Gasteiger partial charge in [0.2, 0.25) is 0 Å². The molecule has 1 aromatic rings. The molecule has 0 bridgehead atoms. The Kier molecular flexibility index (Phi) is 4.77. The Hall–Kier alpha value is -1.13. The number of aromatic nitrogens is 1. The van der Waals surface area contributed by atoms with Gasteiger partial charge in [-0.15, -0.1) is 0 Å². The topological polar surface area (TPSA) is 39.6 Å². The van der Waals surface area contributed by atoms with Gasteiger partial charge in [0.1, 0.15) is 5.82 Å². The van der Waals surface area contributed by atoms with E-state index in [0.29, 0.717) is 6.04 Å². The average Bonchev–Trinajstić information content (AvgIpc) is 2.46. The lowest BCUT2D eigenvalue weighted by Crippen LogP contribution is -2.43. The lowest BCUT2D eigenvalue weighted by molar-refractivity contribution is 0.199. The summed E-state index contributed by atoms with van der Waals surface area (Å²) in [7, 11) is 2.11. The summed E-state index contributed by atoms with van der Waals surface area (Å²) in [6.07, 6.45) is 3.72. The zero-order valence-corrected chi connectivity index (χ0v) is 12.2. The standard InChI is InChI=1S/C15H25N3O/c1-4-18-9-6-14(7-10-18)17(3)15-11-13(12(2)19)5-8-16-15/h5,8,11-12,14,19H,4,6-7,9-10H2,1-3H3/t12-/m0/s1. The van der Waals surface area contributed by atoms with E-state index in [1.807, 2.05) is 12.1 Å². The van der Waals surface area contributed by atoms with Gasteiger partial charge >= 0.3 is 0 Å². The van der Waals surface area contributed by atoms with Crippen LogP contribution in [0.4, 0.5) is 5.82 Å². The van der Waals surface area contributed by atoms with Crippen molar-refractivity contribution in [3.8, 4) is 0 Å². The van der Waals surface area contributed by atoms with E-state index in [-0.39, 0.29) is 0 Å². The highest BCUT2D eigenvalue weighted by Crippen LogP contribution is 2.22. The maximum Gasteiger partial charge on any atom is 0.128 e. The van der Waals surface area contributed by atoms with Crippen LogP contribution in [-0.4, -0.2) is 47.7 Å². The second kappa shape index (κ2) is 6.35. The molecule has 1 fully saturated rings. The SMILES string of the molecule is CCN1CCC(N(C)c2cc([C@H](C)O)ccn2)CC1. The van der Waals surface area contributed by atoms with Crippen molar-refractivity contribution in [3.63, 3.8) is 0 Å². The number of anilines is 1. The predicted molar refractivity (Wildman–Crippen MR) is 78.4 cm³/mol. The first-order valence-corrected chi connectivity index (χ1v) is 7.21. The van der Waals surface area contributed by atoms with Crippen LogP contribution in [-0.2, 0) is 0 Å². The molecule has 1 aromatic heterocycles. The molecule has 4 heteroatoms. The predicted octanol–water partition coefficient (Wildman–Crippen LogP) is 2.06. The number of rotatable bonds is 4. The molecular formula is C15H25N3O. The first kappa shape index (κ1) is 14.3. The third-order valence-electron chi connectivity index (χ3n) is 4.17. The molecule has 0 aliphatic carbocycles. The summed E-state index contributed by atoms with van der Waals surface area (Å²) in [4.78, 5) is 9.19. The van der Waals surface area contributed by atoms with Crippen LogP contribution in [0, 0.1) is 0 Å². The fourth-order valence-corrected chi connectivity index (χ4v) is 2.70. The molecule has 0 amide bonds. The van der Waals surface area contributed by atoms with Gasteiger partial charge in [0.25, 0.3) is 0 Å². The molecule has 1 N–H and O–H groups in total. The first-order valence-electron chi connectivity index (χ1n) is 7.21. The second-order valence-corrected chi connectivity index (χ2v) is 5.40. The molecule has 0 saturated carbocycles. The van der Waals surface area contributed by atoms with Gasteiger partial charge in [-0.05, 0) is 44.0 Å². The molecule has 106 valence electrons. The molecule has 0 radical (unpaired) electrons. The molecule has 1 saturated heterocycles. The van der Waals surface area contributed by atoms with Gasteiger partial charge < -0.3 is 14.9 Å². The minimum absolute atomic E-state index is 0.433. The number of aliphatic hydroxyl groups is 1. The summed E-state index contributed by atoms with van der Waals surface area (Å²) in [6.45, 7) is 7.49. The zero-order valence-electron chi connectivity index (χ0n) is 12.2. The van der Waals surface area contributed by atoms with Crippen molar-refractivity contribution < 1.29 is 5.11 Å². The fraction of sp³-hybridized carbons (Fsp3) is 0.667. The molecule has 1 atom stereocenters. The van der Waals surface area contributed by atoms with Crippen LogP contribution in [0.5, 0.6) is 0 Å². The highest BCUT2D eigenvalue weighted by Gasteiger charge is 2.22. The Bertz CT molecular complexity index is 400. The molecule has 2 heterocycles. The smallest absolute Gasteiger partial charge is 0.128 e.